The lowest BCUT2D eigenvalue weighted by Crippen LogP contribution is -2.08. The van der Waals surface area contributed by atoms with Gasteiger partial charge in [-0.1, -0.05) is 30.3 Å². The van der Waals surface area contributed by atoms with Crippen molar-refractivity contribution in [3.63, 3.8) is 0 Å². The van der Waals surface area contributed by atoms with Gasteiger partial charge in [0.25, 0.3) is 0 Å². The maximum absolute atomic E-state index is 4.69. The predicted octanol–water partition coefficient (Wildman–Crippen LogP) is 4.16. The number of aromatic nitrogens is 4. The molecule has 3 aromatic heterocycles. The Bertz CT molecular complexity index is 945. The molecule has 0 spiro atoms. The molecule has 2 N–H and O–H groups in total. The fraction of sp³-hybridized carbons (Fsp3) is 0.0909. The number of hydrogen-bond donors (Lipinski definition) is 2. The number of anilines is 2. The fourth-order valence-electron chi connectivity index (χ4n) is 2.75. The molecule has 0 aliphatic heterocycles. The van der Waals surface area contributed by atoms with Gasteiger partial charge in [0.1, 0.15) is 5.82 Å². The molecule has 138 valence electrons. The Balaban J connectivity index is 1.57. The highest BCUT2D eigenvalue weighted by atomic mass is 15.1. The standard InChI is InChI=1S/C22H20N6/c1-2-4-19(5-3-1)20-14-21(25-15-17-6-10-23-11-7-17)28-22(27-20)26-16-18-8-12-24-13-9-18/h1-14H,15-16H2,(H2,25,26,27,28). The van der Waals surface area contributed by atoms with Crippen molar-refractivity contribution in [1.29, 1.82) is 0 Å². The van der Waals surface area contributed by atoms with Gasteiger partial charge in [0.05, 0.1) is 5.69 Å². The Morgan fingerprint density at radius 1 is 0.643 bits per heavy atom. The van der Waals surface area contributed by atoms with Gasteiger partial charge in [-0.3, -0.25) is 9.97 Å². The minimum atomic E-state index is 0.579. The predicted molar refractivity (Wildman–Crippen MR) is 111 cm³/mol. The molecule has 0 aliphatic rings. The van der Waals surface area contributed by atoms with Crippen molar-refractivity contribution < 1.29 is 0 Å². The van der Waals surface area contributed by atoms with Gasteiger partial charge in [-0.05, 0) is 35.4 Å². The van der Waals surface area contributed by atoms with Crippen LogP contribution in [0.4, 0.5) is 11.8 Å². The third kappa shape index (κ3) is 4.67. The third-order valence-electron chi connectivity index (χ3n) is 4.22. The Hall–Kier alpha value is -3.80. The molecule has 0 saturated carbocycles. The first kappa shape index (κ1) is 17.6. The summed E-state index contributed by atoms with van der Waals surface area (Å²) < 4.78 is 0. The molecular formula is C22H20N6. The van der Waals surface area contributed by atoms with Crippen LogP contribution < -0.4 is 10.6 Å². The summed E-state index contributed by atoms with van der Waals surface area (Å²) in [5.41, 5.74) is 4.17. The highest BCUT2D eigenvalue weighted by molar-refractivity contribution is 5.64. The zero-order chi connectivity index (χ0) is 19.0. The molecule has 1 aromatic carbocycles. The molecule has 0 unspecified atom stereocenters. The lowest BCUT2D eigenvalue weighted by Gasteiger charge is -2.12. The van der Waals surface area contributed by atoms with Gasteiger partial charge in [0, 0.05) is 49.5 Å². The molecule has 0 fully saturated rings. The minimum Gasteiger partial charge on any atom is -0.366 e. The fourth-order valence-corrected chi connectivity index (χ4v) is 2.75. The highest BCUT2D eigenvalue weighted by Gasteiger charge is 2.07. The molecule has 0 saturated heterocycles. The van der Waals surface area contributed by atoms with Crippen molar-refractivity contribution in [2.75, 3.05) is 10.6 Å². The second-order valence-corrected chi connectivity index (χ2v) is 6.25. The summed E-state index contributed by atoms with van der Waals surface area (Å²) in [4.78, 5) is 17.4. The first-order valence-corrected chi connectivity index (χ1v) is 9.07. The molecule has 28 heavy (non-hydrogen) atoms. The van der Waals surface area contributed by atoms with Crippen LogP contribution in [0.15, 0.2) is 85.5 Å². The number of benzene rings is 1. The average molecular weight is 368 g/mol. The van der Waals surface area contributed by atoms with Gasteiger partial charge in [0.15, 0.2) is 0 Å². The summed E-state index contributed by atoms with van der Waals surface area (Å²) in [5.74, 6) is 1.35. The van der Waals surface area contributed by atoms with Gasteiger partial charge in [0.2, 0.25) is 5.95 Å². The molecule has 0 bridgehead atoms. The molecule has 0 aliphatic carbocycles. The Morgan fingerprint density at radius 2 is 1.25 bits per heavy atom. The normalized spacial score (nSPS) is 10.4. The van der Waals surface area contributed by atoms with E-state index in [4.69, 9.17) is 0 Å². The Morgan fingerprint density at radius 3 is 1.89 bits per heavy atom. The molecule has 4 aromatic rings. The van der Waals surface area contributed by atoms with Gasteiger partial charge >= 0.3 is 0 Å². The van der Waals surface area contributed by atoms with Crippen molar-refractivity contribution in [2.45, 2.75) is 13.1 Å². The summed E-state index contributed by atoms with van der Waals surface area (Å²) in [6, 6.07) is 20.0. The average Bonchev–Trinajstić information content (AvgIpc) is 2.78. The van der Waals surface area contributed by atoms with Crippen molar-refractivity contribution in [3.05, 3.63) is 96.6 Å². The Kier molecular flexibility index (Phi) is 5.49. The second-order valence-electron chi connectivity index (χ2n) is 6.25. The zero-order valence-electron chi connectivity index (χ0n) is 15.3. The molecular weight excluding hydrogens is 348 g/mol. The van der Waals surface area contributed by atoms with Crippen LogP contribution in [0.3, 0.4) is 0 Å². The van der Waals surface area contributed by atoms with Gasteiger partial charge < -0.3 is 10.6 Å². The number of hydrogen-bond acceptors (Lipinski definition) is 6. The topological polar surface area (TPSA) is 75.6 Å². The minimum absolute atomic E-state index is 0.579. The number of pyridine rings is 2. The van der Waals surface area contributed by atoms with Crippen molar-refractivity contribution >= 4 is 11.8 Å². The smallest absolute Gasteiger partial charge is 0.225 e. The largest absolute Gasteiger partial charge is 0.366 e. The quantitative estimate of drug-likeness (QED) is 0.510. The molecule has 4 rings (SSSR count). The summed E-state index contributed by atoms with van der Waals surface area (Å²) >= 11 is 0. The highest BCUT2D eigenvalue weighted by Crippen LogP contribution is 2.22. The van der Waals surface area contributed by atoms with Crippen LogP contribution in [0.2, 0.25) is 0 Å². The van der Waals surface area contributed by atoms with Crippen LogP contribution in [0.25, 0.3) is 11.3 Å². The van der Waals surface area contributed by atoms with E-state index in [-0.39, 0.29) is 0 Å². The van der Waals surface area contributed by atoms with Crippen LogP contribution in [0, 0.1) is 0 Å². The third-order valence-corrected chi connectivity index (χ3v) is 4.22. The number of nitrogens with one attached hydrogen (secondary N) is 2. The molecule has 0 radical (unpaired) electrons. The van der Waals surface area contributed by atoms with Gasteiger partial charge in [-0.2, -0.15) is 4.98 Å². The van der Waals surface area contributed by atoms with Crippen LogP contribution >= 0.6 is 0 Å². The SMILES string of the molecule is c1ccc(-c2cc(NCc3ccncc3)nc(NCc3ccncc3)n2)cc1. The molecule has 6 nitrogen and oxygen atoms in total. The second kappa shape index (κ2) is 8.73. The van der Waals surface area contributed by atoms with E-state index in [9.17, 15) is 0 Å². The van der Waals surface area contributed by atoms with E-state index >= 15 is 0 Å². The van der Waals surface area contributed by atoms with Crippen molar-refractivity contribution in [1.82, 2.24) is 19.9 Å². The zero-order valence-corrected chi connectivity index (χ0v) is 15.3. The summed E-state index contributed by atoms with van der Waals surface area (Å²) in [6.45, 7) is 1.29. The molecule has 0 amide bonds. The van der Waals surface area contributed by atoms with Crippen molar-refractivity contribution in [3.8, 4) is 11.3 Å². The monoisotopic (exact) mass is 368 g/mol. The maximum atomic E-state index is 4.69. The van der Waals surface area contributed by atoms with E-state index in [1.807, 2.05) is 60.7 Å². The molecule has 6 heteroatoms. The van der Waals surface area contributed by atoms with E-state index in [0.29, 0.717) is 19.0 Å². The van der Waals surface area contributed by atoms with Gasteiger partial charge in [-0.15, -0.1) is 0 Å². The van der Waals surface area contributed by atoms with Crippen LogP contribution in [0.1, 0.15) is 11.1 Å². The first-order chi connectivity index (χ1) is 13.9. The van der Waals surface area contributed by atoms with E-state index in [1.54, 1.807) is 24.8 Å². The first-order valence-electron chi connectivity index (χ1n) is 9.07. The van der Waals surface area contributed by atoms with Crippen LogP contribution in [0.5, 0.6) is 0 Å². The Labute approximate surface area is 163 Å². The van der Waals surface area contributed by atoms with Crippen LogP contribution in [-0.4, -0.2) is 19.9 Å². The molecule has 3 heterocycles. The summed E-state index contributed by atoms with van der Waals surface area (Å²) in [5, 5.41) is 6.69. The molecule has 0 atom stereocenters. The summed E-state index contributed by atoms with van der Waals surface area (Å²) in [7, 11) is 0. The maximum Gasteiger partial charge on any atom is 0.225 e. The van der Waals surface area contributed by atoms with Crippen molar-refractivity contribution in [2.24, 2.45) is 0 Å². The van der Waals surface area contributed by atoms with Gasteiger partial charge in [-0.25, -0.2) is 4.98 Å². The lowest BCUT2D eigenvalue weighted by molar-refractivity contribution is 1.03. The van der Waals surface area contributed by atoms with E-state index in [2.05, 4.69) is 30.6 Å². The van der Waals surface area contributed by atoms with E-state index < -0.39 is 0 Å². The lowest BCUT2D eigenvalue weighted by atomic mass is 10.1. The summed E-state index contributed by atoms with van der Waals surface area (Å²) in [6.07, 6.45) is 7.13. The number of rotatable bonds is 7. The van der Waals surface area contributed by atoms with Crippen LogP contribution in [-0.2, 0) is 13.1 Å². The number of nitrogens with zero attached hydrogens (tertiary/aromatic N) is 4. The van der Waals surface area contributed by atoms with E-state index in [0.717, 1.165) is 28.2 Å². The van der Waals surface area contributed by atoms with E-state index in [1.165, 1.54) is 0 Å².